The monoisotopic (exact) mass is 269 g/mol. The highest BCUT2D eigenvalue weighted by molar-refractivity contribution is 7.07. The lowest BCUT2D eigenvalue weighted by atomic mass is 10.1. The fourth-order valence-corrected chi connectivity index (χ4v) is 2.63. The molecule has 0 bridgehead atoms. The van der Waals surface area contributed by atoms with E-state index < -0.39 is 5.97 Å². The fraction of sp³-hybridized carbons (Fsp3) is 0.545. The molecule has 3 N–H and O–H groups in total. The SMILES string of the molecule is O=C(NCc1cscn1)N[C@H]1CC[C@@H](C(=O)O)C1. The fourth-order valence-electron chi connectivity index (χ4n) is 2.07. The second-order valence-corrected chi connectivity index (χ2v) is 5.07. The largest absolute Gasteiger partial charge is 0.481 e. The first-order valence-corrected chi connectivity index (χ1v) is 6.73. The number of nitrogens with one attached hydrogen (secondary N) is 2. The van der Waals surface area contributed by atoms with Crippen LogP contribution in [0.2, 0.25) is 0 Å². The van der Waals surface area contributed by atoms with Crippen LogP contribution in [0.5, 0.6) is 0 Å². The van der Waals surface area contributed by atoms with E-state index in [0.717, 1.165) is 12.1 Å². The van der Waals surface area contributed by atoms with Crippen molar-refractivity contribution in [3.05, 3.63) is 16.6 Å². The van der Waals surface area contributed by atoms with Gasteiger partial charge in [-0.25, -0.2) is 9.78 Å². The summed E-state index contributed by atoms with van der Waals surface area (Å²) < 4.78 is 0. The van der Waals surface area contributed by atoms with Crippen LogP contribution in [0.3, 0.4) is 0 Å². The molecular formula is C11H15N3O3S. The molecule has 1 aliphatic carbocycles. The number of aliphatic carboxylic acids is 1. The van der Waals surface area contributed by atoms with Crippen LogP contribution in [0.1, 0.15) is 25.0 Å². The Kier molecular flexibility index (Phi) is 4.14. The van der Waals surface area contributed by atoms with Gasteiger partial charge in [0.25, 0.3) is 0 Å². The molecular weight excluding hydrogens is 254 g/mol. The maximum Gasteiger partial charge on any atom is 0.315 e. The molecule has 0 unspecified atom stereocenters. The van der Waals surface area contributed by atoms with Gasteiger partial charge in [0.1, 0.15) is 0 Å². The molecule has 18 heavy (non-hydrogen) atoms. The highest BCUT2D eigenvalue weighted by atomic mass is 32.1. The highest BCUT2D eigenvalue weighted by Crippen LogP contribution is 2.25. The molecule has 1 aromatic heterocycles. The van der Waals surface area contributed by atoms with Crippen molar-refractivity contribution in [2.75, 3.05) is 0 Å². The van der Waals surface area contributed by atoms with Crippen molar-refractivity contribution >= 4 is 23.3 Å². The number of urea groups is 1. The van der Waals surface area contributed by atoms with Crippen molar-refractivity contribution in [3.63, 3.8) is 0 Å². The third-order valence-corrected chi connectivity index (χ3v) is 3.67. The van der Waals surface area contributed by atoms with E-state index >= 15 is 0 Å². The molecule has 2 rings (SSSR count). The molecule has 0 aliphatic heterocycles. The van der Waals surface area contributed by atoms with Crippen LogP contribution < -0.4 is 10.6 Å². The summed E-state index contributed by atoms with van der Waals surface area (Å²) in [7, 11) is 0. The van der Waals surface area contributed by atoms with Crippen LogP contribution >= 0.6 is 11.3 Å². The summed E-state index contributed by atoms with van der Waals surface area (Å²) in [5, 5.41) is 16.2. The van der Waals surface area contributed by atoms with Gasteiger partial charge in [-0.3, -0.25) is 4.79 Å². The zero-order valence-corrected chi connectivity index (χ0v) is 10.6. The Hall–Kier alpha value is -1.63. The number of aromatic nitrogens is 1. The number of carboxylic acids is 1. The standard InChI is InChI=1S/C11H15N3O3S/c15-10(16)7-1-2-8(3-7)14-11(17)12-4-9-5-18-6-13-9/h5-8H,1-4H2,(H,15,16)(H2,12,14,17)/t7-,8+/m1/s1. The van der Waals surface area contributed by atoms with Gasteiger partial charge in [0.15, 0.2) is 0 Å². The van der Waals surface area contributed by atoms with Crippen molar-refractivity contribution < 1.29 is 14.7 Å². The Morgan fingerprint density at radius 3 is 2.94 bits per heavy atom. The summed E-state index contributed by atoms with van der Waals surface area (Å²) in [6.45, 7) is 0.393. The summed E-state index contributed by atoms with van der Waals surface area (Å²) in [6.07, 6.45) is 1.87. The first-order valence-electron chi connectivity index (χ1n) is 5.79. The summed E-state index contributed by atoms with van der Waals surface area (Å²) >= 11 is 1.48. The zero-order valence-electron chi connectivity index (χ0n) is 9.76. The Balaban J connectivity index is 1.70. The number of hydrogen-bond donors (Lipinski definition) is 3. The Labute approximate surface area is 108 Å². The molecule has 98 valence electrons. The normalized spacial score (nSPS) is 22.7. The Bertz CT molecular complexity index is 421. The second-order valence-electron chi connectivity index (χ2n) is 4.35. The predicted octanol–water partition coefficient (Wildman–Crippen LogP) is 1.20. The van der Waals surface area contributed by atoms with E-state index in [4.69, 9.17) is 5.11 Å². The molecule has 7 heteroatoms. The van der Waals surface area contributed by atoms with Crippen LogP contribution in [0.4, 0.5) is 4.79 Å². The number of carbonyl (C=O) groups is 2. The molecule has 0 aromatic carbocycles. The third kappa shape index (κ3) is 3.43. The molecule has 6 nitrogen and oxygen atoms in total. The molecule has 0 radical (unpaired) electrons. The first-order chi connectivity index (χ1) is 8.65. The third-order valence-electron chi connectivity index (χ3n) is 3.03. The second kappa shape index (κ2) is 5.81. The summed E-state index contributed by atoms with van der Waals surface area (Å²) in [6, 6.07) is -0.305. The van der Waals surface area contributed by atoms with Crippen molar-refractivity contribution in [2.45, 2.75) is 31.8 Å². The number of thiazole rings is 1. The molecule has 0 spiro atoms. The molecule has 0 saturated heterocycles. The molecule has 2 amide bonds. The van der Waals surface area contributed by atoms with E-state index in [0.29, 0.717) is 19.4 Å². The van der Waals surface area contributed by atoms with Crippen LogP contribution in [0.15, 0.2) is 10.9 Å². The Morgan fingerprint density at radius 2 is 2.33 bits per heavy atom. The van der Waals surface area contributed by atoms with Gasteiger partial charge in [-0.2, -0.15) is 0 Å². The van der Waals surface area contributed by atoms with Crippen molar-refractivity contribution in [1.82, 2.24) is 15.6 Å². The lowest BCUT2D eigenvalue weighted by molar-refractivity contribution is -0.141. The number of rotatable bonds is 4. The number of hydrogen-bond acceptors (Lipinski definition) is 4. The van der Waals surface area contributed by atoms with E-state index in [1.54, 1.807) is 5.51 Å². The van der Waals surface area contributed by atoms with Gasteiger partial charge in [-0.1, -0.05) is 0 Å². The van der Waals surface area contributed by atoms with Crippen LogP contribution in [0, 0.1) is 5.92 Å². The van der Waals surface area contributed by atoms with E-state index in [1.165, 1.54) is 11.3 Å². The molecule has 1 saturated carbocycles. The van der Waals surface area contributed by atoms with E-state index in [1.807, 2.05) is 5.38 Å². The maximum absolute atomic E-state index is 11.6. The van der Waals surface area contributed by atoms with Gasteiger partial charge >= 0.3 is 12.0 Å². The minimum Gasteiger partial charge on any atom is -0.481 e. The average molecular weight is 269 g/mol. The van der Waals surface area contributed by atoms with Gasteiger partial charge in [0, 0.05) is 11.4 Å². The van der Waals surface area contributed by atoms with Gasteiger partial charge in [0.05, 0.1) is 23.7 Å². The van der Waals surface area contributed by atoms with Gasteiger partial charge in [-0.05, 0) is 19.3 Å². The quantitative estimate of drug-likeness (QED) is 0.765. The van der Waals surface area contributed by atoms with Crippen LogP contribution in [-0.2, 0) is 11.3 Å². The predicted molar refractivity (Wildman–Crippen MR) is 66.3 cm³/mol. The molecule has 1 fully saturated rings. The van der Waals surface area contributed by atoms with Gasteiger partial charge in [-0.15, -0.1) is 11.3 Å². The maximum atomic E-state index is 11.6. The van der Waals surface area contributed by atoms with Gasteiger partial charge < -0.3 is 15.7 Å². The Morgan fingerprint density at radius 1 is 1.50 bits per heavy atom. The van der Waals surface area contributed by atoms with E-state index in [2.05, 4.69) is 15.6 Å². The number of nitrogens with zero attached hydrogens (tertiary/aromatic N) is 1. The molecule has 2 atom stereocenters. The average Bonchev–Trinajstić information content (AvgIpc) is 2.96. The first kappa shape index (κ1) is 12.8. The highest BCUT2D eigenvalue weighted by Gasteiger charge is 2.30. The lowest BCUT2D eigenvalue weighted by Gasteiger charge is -2.12. The molecule has 1 heterocycles. The molecule has 1 aliphatic rings. The zero-order chi connectivity index (χ0) is 13.0. The van der Waals surface area contributed by atoms with Crippen molar-refractivity contribution in [3.8, 4) is 0 Å². The molecule has 1 aromatic rings. The minimum absolute atomic E-state index is 0.0402. The smallest absolute Gasteiger partial charge is 0.315 e. The van der Waals surface area contributed by atoms with Crippen molar-refractivity contribution in [2.24, 2.45) is 5.92 Å². The number of carbonyl (C=O) groups excluding carboxylic acids is 1. The van der Waals surface area contributed by atoms with E-state index in [-0.39, 0.29) is 18.0 Å². The van der Waals surface area contributed by atoms with Crippen molar-refractivity contribution in [1.29, 1.82) is 0 Å². The number of amides is 2. The van der Waals surface area contributed by atoms with Crippen LogP contribution in [0.25, 0.3) is 0 Å². The summed E-state index contributed by atoms with van der Waals surface area (Å²) in [5.74, 6) is -1.10. The topological polar surface area (TPSA) is 91.3 Å². The lowest BCUT2D eigenvalue weighted by Crippen LogP contribution is -2.40. The summed E-state index contributed by atoms with van der Waals surface area (Å²) in [5.41, 5.74) is 2.54. The minimum atomic E-state index is -0.776. The van der Waals surface area contributed by atoms with Gasteiger partial charge in [0.2, 0.25) is 0 Å². The summed E-state index contributed by atoms with van der Waals surface area (Å²) in [4.78, 5) is 26.4. The van der Waals surface area contributed by atoms with Crippen LogP contribution in [-0.4, -0.2) is 28.1 Å². The van der Waals surface area contributed by atoms with E-state index in [9.17, 15) is 9.59 Å². The number of carboxylic acid groups (broad SMARTS) is 1.